The maximum absolute atomic E-state index is 4.37. The zero-order valence-corrected chi connectivity index (χ0v) is 7.37. The molecule has 0 aliphatic carbocycles. The molecule has 4 nitrogen and oxygen atoms in total. The van der Waals surface area contributed by atoms with Crippen molar-refractivity contribution in [3.05, 3.63) is 17.7 Å². The van der Waals surface area contributed by atoms with Gasteiger partial charge in [-0.25, -0.2) is 15.0 Å². The fourth-order valence-corrected chi connectivity index (χ4v) is 1.10. The van der Waals surface area contributed by atoms with E-state index in [0.717, 1.165) is 22.7 Å². The van der Waals surface area contributed by atoms with Crippen LogP contribution in [0, 0.1) is 13.8 Å². The third-order valence-electron chi connectivity index (χ3n) is 1.96. The van der Waals surface area contributed by atoms with Crippen LogP contribution in [0.4, 0.5) is 0 Å². The van der Waals surface area contributed by atoms with Crippen LogP contribution in [0.2, 0.25) is 0 Å². The van der Waals surface area contributed by atoms with Gasteiger partial charge in [0.15, 0.2) is 11.3 Å². The standard InChI is InChI=1S/C8H10N4/c1-5-6(2)11-8-7(10-5)9-4-12(8)3/h4H,1-3H3. The number of aromatic nitrogens is 4. The molecule has 2 heterocycles. The predicted molar refractivity (Wildman–Crippen MR) is 45.8 cm³/mol. The van der Waals surface area contributed by atoms with E-state index in [1.54, 1.807) is 6.33 Å². The summed E-state index contributed by atoms with van der Waals surface area (Å²) in [6, 6.07) is 0. The quantitative estimate of drug-likeness (QED) is 0.580. The molecule has 0 aliphatic rings. The molecular weight excluding hydrogens is 152 g/mol. The van der Waals surface area contributed by atoms with Crippen molar-refractivity contribution in [2.24, 2.45) is 7.05 Å². The molecule has 0 N–H and O–H groups in total. The lowest BCUT2D eigenvalue weighted by Gasteiger charge is -1.97. The Hall–Kier alpha value is -1.45. The van der Waals surface area contributed by atoms with Crippen molar-refractivity contribution in [3.8, 4) is 0 Å². The highest BCUT2D eigenvalue weighted by Gasteiger charge is 2.04. The van der Waals surface area contributed by atoms with Crippen LogP contribution in [0.15, 0.2) is 6.33 Å². The molecular formula is C8H10N4. The van der Waals surface area contributed by atoms with E-state index in [-0.39, 0.29) is 0 Å². The lowest BCUT2D eigenvalue weighted by atomic mass is 10.3. The van der Waals surface area contributed by atoms with Crippen molar-refractivity contribution in [2.45, 2.75) is 13.8 Å². The molecule has 0 amide bonds. The zero-order valence-electron chi connectivity index (χ0n) is 7.37. The van der Waals surface area contributed by atoms with Crippen molar-refractivity contribution >= 4 is 11.3 Å². The highest BCUT2D eigenvalue weighted by molar-refractivity contribution is 5.65. The van der Waals surface area contributed by atoms with Crippen LogP contribution in [0.1, 0.15) is 11.4 Å². The average Bonchev–Trinajstić information content (AvgIpc) is 2.35. The number of imidazole rings is 1. The number of nitrogens with zero attached hydrogens (tertiary/aromatic N) is 4. The minimum atomic E-state index is 0.723. The van der Waals surface area contributed by atoms with Gasteiger partial charge in [0.1, 0.15) is 0 Å². The summed E-state index contributed by atoms with van der Waals surface area (Å²) in [4.78, 5) is 12.8. The highest BCUT2D eigenvalue weighted by Crippen LogP contribution is 2.08. The van der Waals surface area contributed by atoms with Crippen LogP contribution in [-0.2, 0) is 7.05 Å². The third-order valence-corrected chi connectivity index (χ3v) is 1.96. The Morgan fingerprint density at radius 1 is 1.17 bits per heavy atom. The van der Waals surface area contributed by atoms with E-state index in [4.69, 9.17) is 0 Å². The molecule has 0 atom stereocenters. The van der Waals surface area contributed by atoms with Gasteiger partial charge in [-0.2, -0.15) is 0 Å². The first kappa shape index (κ1) is 7.21. The van der Waals surface area contributed by atoms with Gasteiger partial charge in [0, 0.05) is 7.05 Å². The molecule has 0 radical (unpaired) electrons. The molecule has 0 fully saturated rings. The van der Waals surface area contributed by atoms with E-state index in [0.29, 0.717) is 0 Å². The first-order valence-corrected chi connectivity index (χ1v) is 3.81. The summed E-state index contributed by atoms with van der Waals surface area (Å²) >= 11 is 0. The van der Waals surface area contributed by atoms with Gasteiger partial charge in [-0.15, -0.1) is 0 Å². The molecule has 2 aromatic heterocycles. The van der Waals surface area contributed by atoms with Crippen LogP contribution >= 0.6 is 0 Å². The normalized spacial score (nSPS) is 10.9. The molecule has 0 spiro atoms. The molecule has 62 valence electrons. The van der Waals surface area contributed by atoms with Crippen LogP contribution in [-0.4, -0.2) is 19.5 Å². The third kappa shape index (κ3) is 0.879. The number of rotatable bonds is 0. The number of aryl methyl sites for hydroxylation is 3. The van der Waals surface area contributed by atoms with Gasteiger partial charge in [0.25, 0.3) is 0 Å². The number of hydrogen-bond acceptors (Lipinski definition) is 3. The Kier molecular flexibility index (Phi) is 1.36. The minimum absolute atomic E-state index is 0.723. The van der Waals surface area contributed by atoms with Gasteiger partial charge in [-0.05, 0) is 13.8 Å². The Labute approximate surface area is 70.3 Å². The molecule has 0 saturated heterocycles. The van der Waals surface area contributed by atoms with Crippen molar-refractivity contribution in [3.63, 3.8) is 0 Å². The smallest absolute Gasteiger partial charge is 0.197 e. The fraction of sp³-hybridized carbons (Fsp3) is 0.375. The Balaban J connectivity index is 2.87. The monoisotopic (exact) mass is 162 g/mol. The van der Waals surface area contributed by atoms with Gasteiger partial charge in [-0.3, -0.25) is 0 Å². The van der Waals surface area contributed by atoms with Crippen LogP contribution in [0.5, 0.6) is 0 Å². The molecule has 12 heavy (non-hydrogen) atoms. The van der Waals surface area contributed by atoms with E-state index in [1.807, 2.05) is 25.5 Å². The predicted octanol–water partition coefficient (Wildman–Crippen LogP) is 0.980. The second kappa shape index (κ2) is 2.27. The second-order valence-corrected chi connectivity index (χ2v) is 2.90. The Morgan fingerprint density at radius 3 is 2.58 bits per heavy atom. The van der Waals surface area contributed by atoms with Gasteiger partial charge in [-0.1, -0.05) is 0 Å². The van der Waals surface area contributed by atoms with E-state index >= 15 is 0 Å². The van der Waals surface area contributed by atoms with Gasteiger partial charge >= 0.3 is 0 Å². The van der Waals surface area contributed by atoms with Gasteiger partial charge < -0.3 is 4.57 Å². The number of fused-ring (bicyclic) bond motifs is 1. The van der Waals surface area contributed by atoms with Gasteiger partial charge in [0.05, 0.1) is 17.7 Å². The topological polar surface area (TPSA) is 43.6 Å². The van der Waals surface area contributed by atoms with E-state index in [2.05, 4.69) is 15.0 Å². The highest BCUT2D eigenvalue weighted by atomic mass is 15.1. The summed E-state index contributed by atoms with van der Waals surface area (Å²) in [5.41, 5.74) is 3.48. The molecule has 0 bridgehead atoms. The summed E-state index contributed by atoms with van der Waals surface area (Å²) < 4.78 is 1.87. The molecule has 0 aliphatic heterocycles. The summed E-state index contributed by atoms with van der Waals surface area (Å²) in [6.45, 7) is 3.89. The summed E-state index contributed by atoms with van der Waals surface area (Å²) in [6.07, 6.45) is 1.73. The fourth-order valence-electron chi connectivity index (χ4n) is 1.10. The SMILES string of the molecule is Cc1nc2ncn(C)c2nc1C. The van der Waals surface area contributed by atoms with E-state index < -0.39 is 0 Å². The summed E-state index contributed by atoms with van der Waals surface area (Å²) in [5.74, 6) is 0. The summed E-state index contributed by atoms with van der Waals surface area (Å²) in [7, 11) is 1.92. The van der Waals surface area contributed by atoms with Crippen molar-refractivity contribution < 1.29 is 0 Å². The summed E-state index contributed by atoms with van der Waals surface area (Å²) in [5, 5.41) is 0. The van der Waals surface area contributed by atoms with Crippen molar-refractivity contribution in [2.75, 3.05) is 0 Å². The second-order valence-electron chi connectivity index (χ2n) is 2.90. The molecule has 0 saturated carbocycles. The lowest BCUT2D eigenvalue weighted by molar-refractivity contribution is 0.923. The first-order valence-electron chi connectivity index (χ1n) is 3.81. The molecule has 2 aromatic rings. The maximum atomic E-state index is 4.37. The van der Waals surface area contributed by atoms with Crippen molar-refractivity contribution in [1.82, 2.24) is 19.5 Å². The molecule has 2 rings (SSSR count). The van der Waals surface area contributed by atoms with Crippen LogP contribution in [0.3, 0.4) is 0 Å². The average molecular weight is 162 g/mol. The van der Waals surface area contributed by atoms with Crippen LogP contribution < -0.4 is 0 Å². The Bertz CT molecular complexity index is 430. The largest absolute Gasteiger partial charge is 0.317 e. The maximum Gasteiger partial charge on any atom is 0.197 e. The van der Waals surface area contributed by atoms with E-state index in [1.165, 1.54) is 0 Å². The Morgan fingerprint density at radius 2 is 1.83 bits per heavy atom. The number of hydrogen-bond donors (Lipinski definition) is 0. The zero-order chi connectivity index (χ0) is 8.72. The first-order chi connectivity index (χ1) is 5.68. The van der Waals surface area contributed by atoms with Crippen LogP contribution in [0.25, 0.3) is 11.3 Å². The molecule has 0 unspecified atom stereocenters. The van der Waals surface area contributed by atoms with Gasteiger partial charge in [0.2, 0.25) is 0 Å². The lowest BCUT2D eigenvalue weighted by Crippen LogP contribution is -1.95. The molecule has 0 aromatic carbocycles. The molecule has 4 heteroatoms. The van der Waals surface area contributed by atoms with E-state index in [9.17, 15) is 0 Å². The minimum Gasteiger partial charge on any atom is -0.317 e. The van der Waals surface area contributed by atoms with Crippen molar-refractivity contribution in [1.29, 1.82) is 0 Å².